The molecule has 1 N–H and O–H groups in total. The third-order valence-electron chi connectivity index (χ3n) is 3.16. The van der Waals surface area contributed by atoms with Gasteiger partial charge in [0, 0.05) is 6.42 Å². The van der Waals surface area contributed by atoms with E-state index < -0.39 is 62.3 Å². The smallest absolute Gasteiger partial charge is 0.330 e. The highest BCUT2D eigenvalue weighted by atomic mass is 32.2. The van der Waals surface area contributed by atoms with Gasteiger partial charge in [-0.15, -0.1) is 0 Å². The second-order valence-electron chi connectivity index (χ2n) is 5.34. The predicted molar refractivity (Wildman–Crippen MR) is 80.3 cm³/mol. The largest absolute Gasteiger partial charge is 0.349 e. The van der Waals surface area contributed by atoms with Crippen LogP contribution in [0.1, 0.15) is 12.6 Å². The zero-order chi connectivity index (χ0) is 19.0. The van der Waals surface area contributed by atoms with Gasteiger partial charge >= 0.3 is 5.69 Å². The molecule has 0 unspecified atom stereocenters. The molecular weight excluding hydrogens is 387 g/mol. The van der Waals surface area contributed by atoms with Crippen LogP contribution in [-0.4, -0.2) is 57.7 Å². The van der Waals surface area contributed by atoms with Crippen molar-refractivity contribution in [1.82, 2.24) is 9.55 Å². The van der Waals surface area contributed by atoms with Gasteiger partial charge in [0.2, 0.25) is 5.82 Å². The first-order valence-corrected chi connectivity index (χ1v) is 10.4. The number of aromatic nitrogens is 2. The van der Waals surface area contributed by atoms with Gasteiger partial charge in [-0.2, -0.15) is 21.2 Å². The van der Waals surface area contributed by atoms with Crippen LogP contribution in [0.25, 0.3) is 0 Å². The minimum atomic E-state index is -3.93. The number of nitrogens with one attached hydrogen (secondary N) is 1. The minimum absolute atomic E-state index is 0.226. The fourth-order valence-corrected chi connectivity index (χ4v) is 3.25. The lowest BCUT2D eigenvalue weighted by molar-refractivity contribution is -0.0356. The third kappa shape index (κ3) is 5.43. The maximum atomic E-state index is 13.4. The molecule has 0 amide bonds. The Kier molecular flexibility index (Phi) is 5.48. The van der Waals surface area contributed by atoms with Crippen LogP contribution >= 0.6 is 0 Å². The van der Waals surface area contributed by atoms with Crippen LogP contribution in [0.4, 0.5) is 4.39 Å². The van der Waals surface area contributed by atoms with E-state index in [0.29, 0.717) is 10.8 Å². The van der Waals surface area contributed by atoms with Crippen molar-refractivity contribution in [2.45, 2.75) is 24.9 Å². The van der Waals surface area contributed by atoms with Gasteiger partial charge in [-0.25, -0.2) is 4.79 Å². The van der Waals surface area contributed by atoms with Crippen molar-refractivity contribution in [3.63, 3.8) is 0 Å². The SMILES string of the molecule is CS(=O)(=O)OC[C@H]1O[C@@H](n2cc(F)c(=O)[nH]c2=O)C[C@@H]1OS(C)(=O)=O. The van der Waals surface area contributed by atoms with Crippen molar-refractivity contribution < 1.29 is 34.3 Å². The molecule has 1 saturated heterocycles. The Labute approximate surface area is 141 Å². The first-order chi connectivity index (χ1) is 11.4. The third-order valence-corrected chi connectivity index (χ3v) is 4.32. The van der Waals surface area contributed by atoms with Crippen LogP contribution < -0.4 is 11.2 Å². The van der Waals surface area contributed by atoms with E-state index in [0.717, 1.165) is 12.5 Å². The molecule has 3 atom stereocenters. The van der Waals surface area contributed by atoms with Crippen molar-refractivity contribution >= 4 is 20.2 Å². The van der Waals surface area contributed by atoms with Crippen molar-refractivity contribution in [2.24, 2.45) is 0 Å². The molecule has 2 rings (SSSR count). The van der Waals surface area contributed by atoms with Gasteiger partial charge < -0.3 is 4.74 Å². The molecule has 0 aliphatic carbocycles. The fourth-order valence-electron chi connectivity index (χ4n) is 2.21. The number of nitrogens with zero attached hydrogens (tertiary/aromatic N) is 1. The molecule has 0 aromatic carbocycles. The van der Waals surface area contributed by atoms with Crippen LogP contribution in [0.5, 0.6) is 0 Å². The lowest BCUT2D eigenvalue weighted by Crippen LogP contribution is -2.34. The lowest BCUT2D eigenvalue weighted by Gasteiger charge is -2.17. The zero-order valence-corrected chi connectivity index (χ0v) is 14.7. The highest BCUT2D eigenvalue weighted by Gasteiger charge is 2.40. The summed E-state index contributed by atoms with van der Waals surface area (Å²) < 4.78 is 73.7. The highest BCUT2D eigenvalue weighted by Crippen LogP contribution is 2.31. The lowest BCUT2D eigenvalue weighted by atomic mass is 10.2. The number of hydrogen-bond acceptors (Lipinski definition) is 9. The molecule has 0 spiro atoms. The van der Waals surface area contributed by atoms with E-state index in [1.807, 2.05) is 0 Å². The van der Waals surface area contributed by atoms with E-state index in [1.165, 1.54) is 0 Å². The van der Waals surface area contributed by atoms with Gasteiger partial charge in [-0.3, -0.25) is 22.7 Å². The summed E-state index contributed by atoms with van der Waals surface area (Å²) in [6.07, 6.45) is -1.60. The number of hydrogen-bond donors (Lipinski definition) is 1. The molecular formula is C11H15FN2O9S2. The van der Waals surface area contributed by atoms with Crippen LogP contribution in [0.15, 0.2) is 15.8 Å². The first-order valence-electron chi connectivity index (χ1n) is 6.75. The molecule has 1 fully saturated rings. The molecule has 0 radical (unpaired) electrons. The van der Waals surface area contributed by atoms with E-state index >= 15 is 0 Å². The molecule has 0 saturated carbocycles. The Bertz CT molecular complexity index is 966. The molecule has 25 heavy (non-hydrogen) atoms. The molecule has 1 aromatic heterocycles. The molecule has 11 nitrogen and oxygen atoms in total. The molecule has 142 valence electrons. The summed E-state index contributed by atoms with van der Waals surface area (Å²) in [4.78, 5) is 24.6. The van der Waals surface area contributed by atoms with E-state index in [-0.39, 0.29) is 6.42 Å². The Morgan fingerprint density at radius 2 is 1.92 bits per heavy atom. The monoisotopic (exact) mass is 402 g/mol. The summed E-state index contributed by atoms with van der Waals surface area (Å²) in [7, 11) is -7.77. The summed E-state index contributed by atoms with van der Waals surface area (Å²) in [5.74, 6) is -1.25. The Balaban J connectivity index is 2.29. The van der Waals surface area contributed by atoms with Gasteiger partial charge in [0.1, 0.15) is 18.4 Å². The molecule has 1 aliphatic rings. The molecule has 1 aromatic rings. The zero-order valence-electron chi connectivity index (χ0n) is 13.0. The van der Waals surface area contributed by atoms with Crippen LogP contribution in [0.3, 0.4) is 0 Å². The summed E-state index contributed by atoms with van der Waals surface area (Å²) >= 11 is 0. The fraction of sp³-hybridized carbons (Fsp3) is 0.636. The van der Waals surface area contributed by atoms with Gasteiger partial charge in [0.25, 0.3) is 25.8 Å². The quantitative estimate of drug-likeness (QED) is 0.548. The normalized spacial score (nSPS) is 24.5. The Hall–Kier alpha value is -1.61. The number of H-pyrrole nitrogens is 1. The summed E-state index contributed by atoms with van der Waals surface area (Å²) in [6, 6.07) is 0. The maximum absolute atomic E-state index is 13.4. The standard InChI is InChI=1S/C11H15FN2O9S2/c1-24(17,18)21-5-8-7(23-25(2,19)20)3-9(22-8)14-4-6(12)10(15)13-11(14)16/h4,7-9H,3,5H2,1-2H3,(H,13,15,16)/t7-,8+,9+/m0/s1. The number of halogens is 1. The van der Waals surface area contributed by atoms with Crippen LogP contribution in [-0.2, 0) is 33.3 Å². The highest BCUT2D eigenvalue weighted by molar-refractivity contribution is 7.86. The maximum Gasteiger partial charge on any atom is 0.330 e. The van der Waals surface area contributed by atoms with E-state index in [9.17, 15) is 30.8 Å². The van der Waals surface area contributed by atoms with Crippen LogP contribution in [0, 0.1) is 5.82 Å². The van der Waals surface area contributed by atoms with Gasteiger partial charge in [0.15, 0.2) is 0 Å². The summed E-state index contributed by atoms with van der Waals surface area (Å²) in [6.45, 7) is -0.573. The Morgan fingerprint density at radius 1 is 1.28 bits per heavy atom. The van der Waals surface area contributed by atoms with Crippen molar-refractivity contribution in [3.8, 4) is 0 Å². The average Bonchev–Trinajstić information content (AvgIpc) is 2.80. The summed E-state index contributed by atoms with van der Waals surface area (Å²) in [5, 5.41) is 0. The topological polar surface area (TPSA) is 151 Å². The minimum Gasteiger partial charge on any atom is -0.349 e. The second kappa shape index (κ2) is 6.95. The van der Waals surface area contributed by atoms with E-state index in [2.05, 4.69) is 4.18 Å². The van der Waals surface area contributed by atoms with Crippen molar-refractivity contribution in [3.05, 3.63) is 32.9 Å². The molecule has 14 heteroatoms. The van der Waals surface area contributed by atoms with Gasteiger partial charge in [0.05, 0.1) is 25.3 Å². The number of aromatic amines is 1. The van der Waals surface area contributed by atoms with Crippen molar-refractivity contribution in [1.29, 1.82) is 0 Å². The first kappa shape index (κ1) is 19.7. The summed E-state index contributed by atoms with van der Waals surface area (Å²) in [5.41, 5.74) is -2.21. The number of ether oxygens (including phenoxy) is 1. The number of rotatable bonds is 6. The van der Waals surface area contributed by atoms with Crippen molar-refractivity contribution in [2.75, 3.05) is 19.1 Å². The molecule has 2 heterocycles. The Morgan fingerprint density at radius 3 is 2.48 bits per heavy atom. The molecule has 1 aliphatic heterocycles. The van der Waals surface area contributed by atoms with Gasteiger partial charge in [-0.1, -0.05) is 0 Å². The average molecular weight is 402 g/mol. The van der Waals surface area contributed by atoms with E-state index in [1.54, 1.807) is 4.98 Å². The van der Waals surface area contributed by atoms with Gasteiger partial charge in [-0.05, 0) is 0 Å². The predicted octanol–water partition coefficient (Wildman–Crippen LogP) is -1.72. The van der Waals surface area contributed by atoms with Crippen LogP contribution in [0.2, 0.25) is 0 Å². The molecule has 0 bridgehead atoms. The second-order valence-corrected chi connectivity index (χ2v) is 8.58. The van der Waals surface area contributed by atoms with E-state index in [4.69, 9.17) is 8.92 Å².